The van der Waals surface area contributed by atoms with Crippen LogP contribution in [0.25, 0.3) is 0 Å². The third kappa shape index (κ3) is 3.20. The lowest BCUT2D eigenvalue weighted by atomic mass is 10.3. The second-order valence-electron chi connectivity index (χ2n) is 4.08. The molecule has 86 valence electrons. The van der Waals surface area contributed by atoms with Gasteiger partial charge in [-0.3, -0.25) is 14.5 Å². The van der Waals surface area contributed by atoms with Gasteiger partial charge in [-0.1, -0.05) is 0 Å². The van der Waals surface area contributed by atoms with Crippen molar-refractivity contribution in [1.29, 1.82) is 0 Å². The van der Waals surface area contributed by atoms with E-state index in [1.165, 1.54) is 0 Å². The van der Waals surface area contributed by atoms with Crippen LogP contribution >= 0.6 is 0 Å². The minimum absolute atomic E-state index is 0.0862. The van der Waals surface area contributed by atoms with Gasteiger partial charge in [-0.15, -0.1) is 0 Å². The molecule has 0 aromatic heterocycles. The Bertz CT molecular complexity index is 249. The molecule has 15 heavy (non-hydrogen) atoms. The number of amides is 2. The van der Waals surface area contributed by atoms with E-state index in [2.05, 4.69) is 0 Å². The van der Waals surface area contributed by atoms with E-state index in [1.807, 2.05) is 4.90 Å². The van der Waals surface area contributed by atoms with Crippen molar-refractivity contribution in [3.63, 3.8) is 0 Å². The van der Waals surface area contributed by atoms with Crippen LogP contribution in [0.5, 0.6) is 0 Å². The second kappa shape index (κ2) is 5.11. The van der Waals surface area contributed by atoms with Crippen LogP contribution in [0.4, 0.5) is 0 Å². The summed E-state index contributed by atoms with van der Waals surface area (Å²) in [5.41, 5.74) is 5.16. The SMILES string of the molecule is CC(C(N)=O)N(C)CC(=O)N1CCCC1. The first-order chi connectivity index (χ1) is 7.02. The zero-order valence-corrected chi connectivity index (χ0v) is 9.40. The Kier molecular flexibility index (Phi) is 4.08. The van der Waals surface area contributed by atoms with Gasteiger partial charge in [-0.05, 0) is 26.8 Å². The predicted molar refractivity (Wildman–Crippen MR) is 57.1 cm³/mol. The van der Waals surface area contributed by atoms with Crippen molar-refractivity contribution in [2.24, 2.45) is 5.73 Å². The second-order valence-corrected chi connectivity index (χ2v) is 4.08. The highest BCUT2D eigenvalue weighted by atomic mass is 16.2. The molecule has 2 amide bonds. The molecule has 1 atom stereocenters. The summed E-state index contributed by atoms with van der Waals surface area (Å²) in [6, 6.07) is -0.392. The van der Waals surface area contributed by atoms with Crippen LogP contribution in [0.15, 0.2) is 0 Å². The third-order valence-corrected chi connectivity index (χ3v) is 2.92. The first-order valence-electron chi connectivity index (χ1n) is 5.29. The molecule has 5 nitrogen and oxygen atoms in total. The Morgan fingerprint density at radius 2 is 1.93 bits per heavy atom. The van der Waals surface area contributed by atoms with Gasteiger partial charge in [-0.2, -0.15) is 0 Å². The smallest absolute Gasteiger partial charge is 0.236 e. The normalized spacial score (nSPS) is 18.2. The molecule has 1 saturated heterocycles. The number of hydrogen-bond donors (Lipinski definition) is 1. The third-order valence-electron chi connectivity index (χ3n) is 2.92. The minimum Gasteiger partial charge on any atom is -0.368 e. The summed E-state index contributed by atoms with van der Waals surface area (Å²) in [7, 11) is 1.74. The average molecular weight is 213 g/mol. The topological polar surface area (TPSA) is 66.6 Å². The molecule has 1 unspecified atom stereocenters. The number of hydrogen-bond acceptors (Lipinski definition) is 3. The summed E-state index contributed by atoms with van der Waals surface area (Å²) in [5, 5.41) is 0. The quantitative estimate of drug-likeness (QED) is 0.679. The molecular formula is C10H19N3O2. The lowest BCUT2D eigenvalue weighted by Crippen LogP contribution is -2.45. The van der Waals surface area contributed by atoms with Crippen LogP contribution < -0.4 is 5.73 Å². The van der Waals surface area contributed by atoms with Gasteiger partial charge in [0.15, 0.2) is 0 Å². The van der Waals surface area contributed by atoms with E-state index in [4.69, 9.17) is 5.73 Å². The molecule has 0 radical (unpaired) electrons. The Balaban J connectivity index is 2.39. The fourth-order valence-corrected chi connectivity index (χ4v) is 1.63. The summed E-state index contributed by atoms with van der Waals surface area (Å²) in [5.74, 6) is -0.310. The van der Waals surface area contributed by atoms with Gasteiger partial charge in [-0.25, -0.2) is 0 Å². The van der Waals surface area contributed by atoms with Gasteiger partial charge in [0, 0.05) is 13.1 Å². The molecule has 0 aliphatic carbocycles. The lowest BCUT2D eigenvalue weighted by molar-refractivity contribution is -0.132. The van der Waals surface area contributed by atoms with Crippen molar-refractivity contribution in [1.82, 2.24) is 9.80 Å². The van der Waals surface area contributed by atoms with Crippen molar-refractivity contribution < 1.29 is 9.59 Å². The number of nitrogens with zero attached hydrogens (tertiary/aromatic N) is 2. The van der Waals surface area contributed by atoms with Crippen molar-refractivity contribution in [2.45, 2.75) is 25.8 Å². The molecule has 0 saturated carbocycles. The van der Waals surface area contributed by atoms with Crippen molar-refractivity contribution in [3.05, 3.63) is 0 Å². The van der Waals surface area contributed by atoms with E-state index >= 15 is 0 Å². The molecule has 1 rings (SSSR count). The number of rotatable bonds is 4. The molecule has 5 heteroatoms. The van der Waals surface area contributed by atoms with Gasteiger partial charge < -0.3 is 10.6 Å². The first-order valence-corrected chi connectivity index (χ1v) is 5.29. The Morgan fingerprint density at radius 3 is 2.40 bits per heavy atom. The molecule has 1 fully saturated rings. The van der Waals surface area contributed by atoms with E-state index in [0.29, 0.717) is 0 Å². The molecule has 1 heterocycles. The van der Waals surface area contributed by atoms with Gasteiger partial charge in [0.05, 0.1) is 12.6 Å². The fraction of sp³-hybridized carbons (Fsp3) is 0.800. The molecule has 1 aliphatic rings. The minimum atomic E-state index is -0.397. The zero-order chi connectivity index (χ0) is 11.4. The van der Waals surface area contributed by atoms with Gasteiger partial charge in [0.2, 0.25) is 11.8 Å². The maximum atomic E-state index is 11.7. The van der Waals surface area contributed by atoms with Crippen LogP contribution in [0.2, 0.25) is 0 Å². The van der Waals surface area contributed by atoms with E-state index in [9.17, 15) is 9.59 Å². The highest BCUT2D eigenvalue weighted by Gasteiger charge is 2.22. The summed E-state index contributed by atoms with van der Waals surface area (Å²) in [6.07, 6.45) is 2.17. The molecular weight excluding hydrogens is 194 g/mol. The molecule has 2 N–H and O–H groups in total. The Labute approximate surface area is 90.2 Å². The van der Waals surface area contributed by atoms with E-state index in [0.717, 1.165) is 25.9 Å². The molecule has 0 bridgehead atoms. The van der Waals surface area contributed by atoms with Gasteiger partial charge in [0.25, 0.3) is 0 Å². The van der Waals surface area contributed by atoms with Gasteiger partial charge in [0.1, 0.15) is 0 Å². The molecule has 0 aromatic rings. The number of carbonyl (C=O) groups excluding carboxylic acids is 2. The summed E-state index contributed by atoms with van der Waals surface area (Å²) in [4.78, 5) is 26.1. The monoisotopic (exact) mass is 213 g/mol. The maximum absolute atomic E-state index is 11.7. The predicted octanol–water partition coefficient (Wildman–Crippen LogP) is -0.586. The number of likely N-dealkylation sites (tertiary alicyclic amines) is 1. The van der Waals surface area contributed by atoms with E-state index in [1.54, 1.807) is 18.9 Å². The van der Waals surface area contributed by atoms with Crippen LogP contribution in [-0.4, -0.2) is 54.3 Å². The van der Waals surface area contributed by atoms with Crippen molar-refractivity contribution >= 4 is 11.8 Å². The number of primary amides is 1. The highest BCUT2D eigenvalue weighted by Crippen LogP contribution is 2.08. The largest absolute Gasteiger partial charge is 0.368 e. The molecule has 0 spiro atoms. The fourth-order valence-electron chi connectivity index (χ4n) is 1.63. The molecule has 0 aromatic carbocycles. The lowest BCUT2D eigenvalue weighted by Gasteiger charge is -2.24. The van der Waals surface area contributed by atoms with Crippen molar-refractivity contribution in [3.8, 4) is 0 Å². The number of carbonyl (C=O) groups is 2. The zero-order valence-electron chi connectivity index (χ0n) is 9.40. The van der Waals surface area contributed by atoms with Gasteiger partial charge >= 0.3 is 0 Å². The Hall–Kier alpha value is -1.10. The van der Waals surface area contributed by atoms with Crippen LogP contribution in [0, 0.1) is 0 Å². The summed E-state index contributed by atoms with van der Waals surface area (Å²) >= 11 is 0. The van der Waals surface area contributed by atoms with Crippen LogP contribution in [0.3, 0.4) is 0 Å². The summed E-state index contributed by atoms with van der Waals surface area (Å²) in [6.45, 7) is 3.67. The molecule has 1 aliphatic heterocycles. The maximum Gasteiger partial charge on any atom is 0.236 e. The number of likely N-dealkylation sites (N-methyl/N-ethyl adjacent to an activating group) is 1. The average Bonchev–Trinajstić information content (AvgIpc) is 2.68. The van der Waals surface area contributed by atoms with Crippen LogP contribution in [-0.2, 0) is 9.59 Å². The summed E-state index contributed by atoms with van der Waals surface area (Å²) < 4.78 is 0. The van der Waals surface area contributed by atoms with E-state index < -0.39 is 11.9 Å². The number of nitrogens with two attached hydrogens (primary N) is 1. The highest BCUT2D eigenvalue weighted by molar-refractivity contribution is 5.82. The Morgan fingerprint density at radius 1 is 1.40 bits per heavy atom. The van der Waals surface area contributed by atoms with Crippen molar-refractivity contribution in [2.75, 3.05) is 26.7 Å². The van der Waals surface area contributed by atoms with E-state index in [-0.39, 0.29) is 12.5 Å². The van der Waals surface area contributed by atoms with Crippen LogP contribution in [0.1, 0.15) is 19.8 Å². The standard InChI is InChI=1S/C10H19N3O2/c1-8(10(11)15)12(2)7-9(14)13-5-3-4-6-13/h8H,3-7H2,1-2H3,(H2,11,15). The first kappa shape index (κ1) is 12.0.